The molecule has 0 radical (unpaired) electrons. The largest absolute Gasteiger partial charge is 0.481 e. The Hall–Kier alpha value is -1.36. The van der Waals surface area contributed by atoms with Crippen LogP contribution in [0.1, 0.15) is 19.8 Å². The van der Waals surface area contributed by atoms with Crippen molar-refractivity contribution in [3.63, 3.8) is 0 Å². The molecule has 15 heavy (non-hydrogen) atoms. The summed E-state index contributed by atoms with van der Waals surface area (Å²) >= 11 is 0. The third kappa shape index (κ3) is 5.17. The summed E-state index contributed by atoms with van der Waals surface area (Å²) in [5.41, 5.74) is 0. The van der Waals surface area contributed by atoms with Crippen LogP contribution in [-0.4, -0.2) is 33.2 Å². The number of hydrogen-bond donors (Lipinski definition) is 2. The van der Waals surface area contributed by atoms with Crippen molar-refractivity contribution in [2.24, 2.45) is 0 Å². The molecule has 0 bridgehead atoms. The molecule has 1 heterocycles. The smallest absolute Gasteiger partial charge is 0.303 e. The molecule has 0 spiro atoms. The van der Waals surface area contributed by atoms with Gasteiger partial charge in [-0.05, 0) is 19.9 Å². The zero-order chi connectivity index (χ0) is 11.1. The van der Waals surface area contributed by atoms with Crippen molar-refractivity contribution in [1.29, 1.82) is 0 Å². The van der Waals surface area contributed by atoms with Crippen LogP contribution in [0.15, 0.2) is 18.7 Å². The van der Waals surface area contributed by atoms with Gasteiger partial charge in [-0.1, -0.05) is 0 Å². The van der Waals surface area contributed by atoms with Gasteiger partial charge in [0.05, 0.1) is 6.33 Å². The first kappa shape index (κ1) is 11.7. The summed E-state index contributed by atoms with van der Waals surface area (Å²) in [5.74, 6) is -0.737. The first-order valence-corrected chi connectivity index (χ1v) is 5.09. The number of hydrogen-bond acceptors (Lipinski definition) is 3. The Morgan fingerprint density at radius 1 is 1.67 bits per heavy atom. The molecule has 5 nitrogen and oxygen atoms in total. The molecule has 1 aromatic rings. The number of carbonyl (C=O) groups is 1. The summed E-state index contributed by atoms with van der Waals surface area (Å²) in [5, 5.41) is 11.7. The summed E-state index contributed by atoms with van der Waals surface area (Å²) in [6.45, 7) is 3.66. The van der Waals surface area contributed by atoms with Crippen LogP contribution in [0.4, 0.5) is 0 Å². The molecule has 84 valence electrons. The van der Waals surface area contributed by atoms with E-state index < -0.39 is 5.97 Å². The maximum absolute atomic E-state index is 10.3. The van der Waals surface area contributed by atoms with E-state index in [4.69, 9.17) is 5.11 Å². The number of imidazole rings is 1. The third-order valence-electron chi connectivity index (χ3n) is 2.10. The van der Waals surface area contributed by atoms with Crippen molar-refractivity contribution in [3.05, 3.63) is 18.7 Å². The fourth-order valence-corrected chi connectivity index (χ4v) is 1.36. The molecule has 2 N–H and O–H groups in total. The summed E-state index contributed by atoms with van der Waals surface area (Å²) in [4.78, 5) is 14.2. The standard InChI is InChI=1S/C10H17N3O2/c1-9(7-13-6-5-11-8-13)12-4-2-3-10(14)15/h5-6,8-9,12H,2-4,7H2,1H3,(H,14,15). The molecule has 5 heteroatoms. The van der Waals surface area contributed by atoms with Crippen LogP contribution in [0.5, 0.6) is 0 Å². The molecule has 1 atom stereocenters. The maximum Gasteiger partial charge on any atom is 0.303 e. The molecule has 0 fully saturated rings. The van der Waals surface area contributed by atoms with Gasteiger partial charge in [-0.25, -0.2) is 4.98 Å². The molecule has 0 aliphatic rings. The van der Waals surface area contributed by atoms with Gasteiger partial charge in [-0.15, -0.1) is 0 Å². The first-order valence-electron chi connectivity index (χ1n) is 5.09. The van der Waals surface area contributed by atoms with Crippen molar-refractivity contribution in [2.75, 3.05) is 6.54 Å². The van der Waals surface area contributed by atoms with Crippen LogP contribution in [0.25, 0.3) is 0 Å². The fraction of sp³-hybridized carbons (Fsp3) is 0.600. The van der Waals surface area contributed by atoms with E-state index in [1.807, 2.05) is 10.8 Å². The topological polar surface area (TPSA) is 67.2 Å². The average Bonchev–Trinajstić information content (AvgIpc) is 2.64. The maximum atomic E-state index is 10.3. The normalized spacial score (nSPS) is 12.6. The monoisotopic (exact) mass is 211 g/mol. The number of aromatic nitrogens is 2. The molecule has 1 rings (SSSR count). The van der Waals surface area contributed by atoms with E-state index in [9.17, 15) is 4.79 Å². The Labute approximate surface area is 89.1 Å². The van der Waals surface area contributed by atoms with Crippen LogP contribution in [0, 0.1) is 0 Å². The van der Waals surface area contributed by atoms with Gasteiger partial charge in [0.2, 0.25) is 0 Å². The van der Waals surface area contributed by atoms with E-state index >= 15 is 0 Å². The molecular weight excluding hydrogens is 194 g/mol. The number of carboxylic acid groups (broad SMARTS) is 1. The lowest BCUT2D eigenvalue weighted by molar-refractivity contribution is -0.137. The highest BCUT2D eigenvalue weighted by Crippen LogP contribution is 1.93. The second-order valence-corrected chi connectivity index (χ2v) is 3.61. The van der Waals surface area contributed by atoms with Gasteiger partial charge in [0.25, 0.3) is 0 Å². The second-order valence-electron chi connectivity index (χ2n) is 3.61. The summed E-state index contributed by atoms with van der Waals surface area (Å²) in [7, 11) is 0. The number of nitrogens with one attached hydrogen (secondary N) is 1. The predicted molar refractivity (Wildman–Crippen MR) is 56.6 cm³/mol. The van der Waals surface area contributed by atoms with Gasteiger partial charge in [0.1, 0.15) is 0 Å². The molecule has 1 unspecified atom stereocenters. The van der Waals surface area contributed by atoms with E-state index in [1.54, 1.807) is 12.5 Å². The Balaban J connectivity index is 2.08. The lowest BCUT2D eigenvalue weighted by Gasteiger charge is -2.13. The molecule has 0 aliphatic carbocycles. The second kappa shape index (κ2) is 6.19. The molecular formula is C10H17N3O2. The number of nitrogens with zero attached hydrogens (tertiary/aromatic N) is 2. The van der Waals surface area contributed by atoms with E-state index in [0.29, 0.717) is 12.5 Å². The van der Waals surface area contributed by atoms with Crippen LogP contribution in [0.2, 0.25) is 0 Å². The summed E-state index contributed by atoms with van der Waals surface area (Å²) in [6.07, 6.45) is 6.33. The van der Waals surface area contributed by atoms with E-state index in [0.717, 1.165) is 13.1 Å². The molecule has 0 aromatic carbocycles. The molecule has 1 aromatic heterocycles. The predicted octanol–water partition coefficient (Wildman–Crippen LogP) is 0.726. The SMILES string of the molecule is CC(Cn1ccnc1)NCCCC(=O)O. The van der Waals surface area contributed by atoms with Gasteiger partial charge in [-0.3, -0.25) is 4.79 Å². The summed E-state index contributed by atoms with van der Waals surface area (Å²) < 4.78 is 1.99. The van der Waals surface area contributed by atoms with Gasteiger partial charge in [-0.2, -0.15) is 0 Å². The van der Waals surface area contributed by atoms with E-state index in [2.05, 4.69) is 17.2 Å². The van der Waals surface area contributed by atoms with Gasteiger partial charge < -0.3 is 15.0 Å². The zero-order valence-electron chi connectivity index (χ0n) is 8.89. The number of carboxylic acids is 1. The number of rotatable bonds is 7. The highest BCUT2D eigenvalue weighted by Gasteiger charge is 2.02. The van der Waals surface area contributed by atoms with Crippen LogP contribution < -0.4 is 5.32 Å². The summed E-state index contributed by atoms with van der Waals surface area (Å²) in [6, 6.07) is 0.327. The van der Waals surface area contributed by atoms with Gasteiger partial charge in [0, 0.05) is 31.4 Å². The van der Waals surface area contributed by atoms with E-state index in [1.165, 1.54) is 0 Å². The van der Waals surface area contributed by atoms with Crippen molar-refractivity contribution in [1.82, 2.24) is 14.9 Å². The molecule has 0 amide bonds. The van der Waals surface area contributed by atoms with Crippen molar-refractivity contribution in [3.8, 4) is 0 Å². The van der Waals surface area contributed by atoms with Crippen molar-refractivity contribution < 1.29 is 9.90 Å². The highest BCUT2D eigenvalue weighted by molar-refractivity contribution is 5.66. The minimum absolute atomic E-state index is 0.227. The lowest BCUT2D eigenvalue weighted by Crippen LogP contribution is -2.31. The lowest BCUT2D eigenvalue weighted by atomic mass is 10.2. The van der Waals surface area contributed by atoms with Crippen LogP contribution in [-0.2, 0) is 11.3 Å². The first-order chi connectivity index (χ1) is 7.18. The Morgan fingerprint density at radius 2 is 2.47 bits per heavy atom. The van der Waals surface area contributed by atoms with Crippen LogP contribution >= 0.6 is 0 Å². The minimum Gasteiger partial charge on any atom is -0.481 e. The third-order valence-corrected chi connectivity index (χ3v) is 2.10. The fourth-order valence-electron chi connectivity index (χ4n) is 1.36. The quantitative estimate of drug-likeness (QED) is 0.652. The zero-order valence-corrected chi connectivity index (χ0v) is 8.89. The Bertz CT molecular complexity index is 285. The van der Waals surface area contributed by atoms with Crippen molar-refractivity contribution >= 4 is 5.97 Å². The highest BCUT2D eigenvalue weighted by atomic mass is 16.4. The minimum atomic E-state index is -0.737. The van der Waals surface area contributed by atoms with E-state index in [-0.39, 0.29) is 6.42 Å². The average molecular weight is 211 g/mol. The van der Waals surface area contributed by atoms with Crippen LogP contribution in [0.3, 0.4) is 0 Å². The van der Waals surface area contributed by atoms with Gasteiger partial charge in [0.15, 0.2) is 0 Å². The molecule has 0 saturated carbocycles. The Morgan fingerprint density at radius 3 is 3.07 bits per heavy atom. The molecule has 0 saturated heterocycles. The van der Waals surface area contributed by atoms with Crippen molar-refractivity contribution in [2.45, 2.75) is 32.4 Å². The Kier molecular flexibility index (Phi) is 4.83. The number of aliphatic carboxylic acids is 1. The van der Waals surface area contributed by atoms with Gasteiger partial charge >= 0.3 is 5.97 Å². The molecule has 0 aliphatic heterocycles.